The molecule has 212 valence electrons. The predicted molar refractivity (Wildman–Crippen MR) is 174 cm³/mol. The third-order valence-corrected chi connectivity index (χ3v) is 1.91. The zero-order chi connectivity index (χ0) is 9.66. The van der Waals surface area contributed by atoms with E-state index in [1.165, 1.54) is 51.4 Å². The van der Waals surface area contributed by atoms with Crippen LogP contribution in [0.15, 0.2) is 0 Å². The summed E-state index contributed by atoms with van der Waals surface area (Å²) in [5.41, 5.74) is 0. The summed E-state index contributed by atoms with van der Waals surface area (Å²) in [7, 11) is 0. The van der Waals surface area contributed by atoms with Crippen LogP contribution in [0, 0.1) is 0 Å². The van der Waals surface area contributed by atoms with Gasteiger partial charge in [0, 0.05) is 0 Å². The molecule has 0 saturated carbocycles. The molecular weight excluding hydrogens is 348 g/mol. The van der Waals surface area contributed by atoms with Crippen molar-refractivity contribution in [2.45, 2.75) is 205 Å². The Balaban J connectivity index is -0.00000000256. The maximum absolute atomic E-state index is 2.23. The smallest absolute Gasteiger partial charge is 0.0536 e. The van der Waals surface area contributed by atoms with E-state index < -0.39 is 0 Å². The van der Waals surface area contributed by atoms with E-state index in [0.717, 1.165) is 0 Å². The lowest BCUT2D eigenvalue weighted by atomic mass is 10.2. The summed E-state index contributed by atoms with van der Waals surface area (Å²) in [5, 5.41) is 0. The second kappa shape index (κ2) is 319. The van der Waals surface area contributed by atoms with Gasteiger partial charge < -0.3 is 0 Å². The second-order valence-corrected chi connectivity index (χ2v) is 3.41. The Morgan fingerprint density at radius 3 is 0.310 bits per heavy atom. The van der Waals surface area contributed by atoms with Crippen LogP contribution in [0.1, 0.15) is 205 Å². The van der Waals surface area contributed by atoms with E-state index in [4.69, 9.17) is 0 Å². The molecule has 0 aromatic heterocycles. The Hall–Kier alpha value is 0. The van der Waals surface area contributed by atoms with Crippen molar-refractivity contribution in [2.24, 2.45) is 0 Å². The van der Waals surface area contributed by atoms with Crippen LogP contribution in [0.2, 0.25) is 0 Å². The highest BCUT2D eigenvalue weighted by atomic mass is 13.8. The highest BCUT2D eigenvalue weighted by Gasteiger charge is 1.75. The van der Waals surface area contributed by atoms with Gasteiger partial charge in [0.15, 0.2) is 0 Å². The molecule has 0 aliphatic rings. The topological polar surface area (TPSA) is 0 Å². The molecule has 0 heteroatoms. The second-order valence-electron chi connectivity index (χ2n) is 3.41. The summed E-state index contributed by atoms with van der Waals surface area (Å²) in [6, 6.07) is 0. The van der Waals surface area contributed by atoms with Crippen LogP contribution >= 0.6 is 0 Å². The zero-order valence-corrected chi connectivity index (χ0v) is 9.66. The highest BCUT2D eigenvalue weighted by molar-refractivity contribution is 4.31. The average molecular weight is 445 g/mol. The quantitative estimate of drug-likeness (QED) is 0.357. The van der Waals surface area contributed by atoms with Crippen molar-refractivity contribution in [3.8, 4) is 0 Å². The highest BCUT2D eigenvalue weighted by Crippen LogP contribution is 1.95. The lowest BCUT2D eigenvalue weighted by Crippen LogP contribution is -1.66. The maximum Gasteiger partial charge on any atom is -0.0536 e. The average Bonchev–Trinajstić information content (AvgIpc) is 2.12. The number of hydrogen-bond donors (Lipinski definition) is 0. The molecular formula is C29H96. The van der Waals surface area contributed by atoms with Crippen LogP contribution in [-0.2, 0) is 0 Å². The molecule has 0 saturated heterocycles. The summed E-state index contributed by atoms with van der Waals surface area (Å²) in [5.74, 6) is 0. The van der Waals surface area contributed by atoms with Gasteiger partial charge in [-0.2, -0.15) is 0 Å². The van der Waals surface area contributed by atoms with E-state index in [0.29, 0.717) is 0 Å². The van der Waals surface area contributed by atoms with Crippen molar-refractivity contribution in [3.63, 3.8) is 0 Å². The van der Waals surface area contributed by atoms with Gasteiger partial charge in [-0.1, -0.05) is 205 Å². The van der Waals surface area contributed by atoms with Crippen LogP contribution in [0.25, 0.3) is 0 Å². The fourth-order valence-corrected chi connectivity index (χ4v) is 1.000. The van der Waals surface area contributed by atoms with Gasteiger partial charge in [-0.25, -0.2) is 0 Å². The van der Waals surface area contributed by atoms with Crippen molar-refractivity contribution >= 4 is 0 Å². The van der Waals surface area contributed by atoms with Gasteiger partial charge >= 0.3 is 0 Å². The van der Waals surface area contributed by atoms with E-state index >= 15 is 0 Å². The minimum absolute atomic E-state index is 0. The molecule has 0 nitrogen and oxygen atoms in total. The zero-order valence-electron chi connectivity index (χ0n) is 9.66. The minimum Gasteiger partial charge on any atom is -0.0776 e. The van der Waals surface area contributed by atoms with Crippen molar-refractivity contribution in [2.75, 3.05) is 0 Å². The Kier molecular flexibility index (Phi) is 2500. The molecule has 0 heterocycles. The molecule has 0 aromatic rings. The third-order valence-electron chi connectivity index (χ3n) is 1.91. The molecule has 0 fully saturated rings. The van der Waals surface area contributed by atoms with Gasteiger partial charge in [0.25, 0.3) is 0 Å². The molecule has 29 heavy (non-hydrogen) atoms. The molecule has 0 aromatic carbocycles. The summed E-state index contributed by atoms with van der Waals surface area (Å²) < 4.78 is 0. The SMILES string of the molecule is C.C.C.C.C.C.C.C.C.C.C.C.C.C.C.C.C.CCCCCC.CCCCCC. The van der Waals surface area contributed by atoms with Gasteiger partial charge in [0.05, 0.1) is 0 Å². The number of hydrogen-bond acceptors (Lipinski definition) is 0. The monoisotopic (exact) mass is 445 g/mol. The minimum atomic E-state index is 0. The van der Waals surface area contributed by atoms with E-state index in [2.05, 4.69) is 27.7 Å². The Morgan fingerprint density at radius 2 is 0.276 bits per heavy atom. The van der Waals surface area contributed by atoms with Crippen LogP contribution in [0.3, 0.4) is 0 Å². The molecule has 0 spiro atoms. The molecule has 0 N–H and O–H groups in total. The largest absolute Gasteiger partial charge is 0.0776 e. The Bertz CT molecular complexity index is 32.0. The van der Waals surface area contributed by atoms with Crippen LogP contribution in [0.5, 0.6) is 0 Å². The number of unbranched alkanes of at least 4 members (excludes halogenated alkanes) is 6. The summed E-state index contributed by atoms with van der Waals surface area (Å²) in [6.45, 7) is 8.93. The molecule has 0 aliphatic heterocycles. The predicted octanol–water partition coefficient (Wildman–Crippen LogP) is 16.0. The van der Waals surface area contributed by atoms with Crippen LogP contribution < -0.4 is 0 Å². The van der Waals surface area contributed by atoms with Crippen LogP contribution in [0.4, 0.5) is 0 Å². The van der Waals surface area contributed by atoms with Crippen LogP contribution in [-0.4, -0.2) is 0 Å². The van der Waals surface area contributed by atoms with Crippen molar-refractivity contribution in [1.29, 1.82) is 0 Å². The molecule has 0 radical (unpaired) electrons. The first kappa shape index (κ1) is 227. The fourth-order valence-electron chi connectivity index (χ4n) is 1.000. The molecule has 0 rings (SSSR count). The lowest BCUT2D eigenvalue weighted by Gasteiger charge is -1.86. The van der Waals surface area contributed by atoms with Crippen molar-refractivity contribution in [3.05, 3.63) is 0 Å². The van der Waals surface area contributed by atoms with Gasteiger partial charge in [-0.05, 0) is 0 Å². The van der Waals surface area contributed by atoms with E-state index in [1.54, 1.807) is 0 Å². The summed E-state index contributed by atoms with van der Waals surface area (Å²) >= 11 is 0. The van der Waals surface area contributed by atoms with Crippen molar-refractivity contribution < 1.29 is 0 Å². The lowest BCUT2D eigenvalue weighted by molar-refractivity contribution is 0.702. The van der Waals surface area contributed by atoms with E-state index in [-0.39, 0.29) is 126 Å². The Morgan fingerprint density at radius 1 is 0.207 bits per heavy atom. The van der Waals surface area contributed by atoms with Crippen molar-refractivity contribution in [1.82, 2.24) is 0 Å². The first-order valence-corrected chi connectivity index (χ1v) is 5.83. The van der Waals surface area contributed by atoms with Gasteiger partial charge in [0.1, 0.15) is 0 Å². The number of rotatable bonds is 6. The molecule has 0 aliphatic carbocycles. The Labute approximate surface area is 205 Å². The summed E-state index contributed by atoms with van der Waals surface area (Å²) in [4.78, 5) is 0. The fraction of sp³-hybridized carbons (Fsp3) is 1.00. The molecule has 0 amide bonds. The molecule has 0 unspecified atom stereocenters. The summed E-state index contributed by atoms with van der Waals surface area (Å²) in [6.07, 6.45) is 11.1. The van der Waals surface area contributed by atoms with E-state index in [9.17, 15) is 0 Å². The van der Waals surface area contributed by atoms with Gasteiger partial charge in [-0.3, -0.25) is 0 Å². The normalized spacial score (nSPS) is 3.72. The first-order valence-electron chi connectivity index (χ1n) is 5.83. The first-order chi connectivity index (χ1) is 5.83. The maximum atomic E-state index is 2.23. The van der Waals surface area contributed by atoms with E-state index in [1.807, 2.05) is 0 Å². The standard InChI is InChI=1S/2C6H14.17CH4/c2*1-3-5-6-4-2;;;;;;;;;;;;;;;;;/h2*3-6H2,1-2H3;17*1H4. The third kappa shape index (κ3) is 526. The van der Waals surface area contributed by atoms with Gasteiger partial charge in [-0.15, -0.1) is 0 Å². The molecule has 0 atom stereocenters. The van der Waals surface area contributed by atoms with Gasteiger partial charge in [0.2, 0.25) is 0 Å². The molecule has 0 bridgehead atoms.